The summed E-state index contributed by atoms with van der Waals surface area (Å²) in [7, 11) is 0. The second-order valence-corrected chi connectivity index (χ2v) is 5.99. The molecule has 3 nitrogen and oxygen atoms in total. The highest BCUT2D eigenvalue weighted by Crippen LogP contribution is 2.22. The van der Waals surface area contributed by atoms with Gasteiger partial charge in [0.25, 0.3) is 0 Å². The fraction of sp³-hybridized carbons (Fsp3) is 0.176. The number of nitrogens with one attached hydrogen (secondary N) is 1. The highest BCUT2D eigenvalue weighted by atomic mass is 32.2. The fourth-order valence-corrected chi connectivity index (χ4v) is 3.12. The van der Waals surface area contributed by atoms with Gasteiger partial charge in [0.2, 0.25) is 5.91 Å². The third-order valence-electron chi connectivity index (χ3n) is 3.47. The number of rotatable bonds is 4. The van der Waals surface area contributed by atoms with E-state index in [1.807, 2.05) is 18.2 Å². The van der Waals surface area contributed by atoms with E-state index >= 15 is 0 Å². The maximum absolute atomic E-state index is 13.5. The van der Waals surface area contributed by atoms with Crippen molar-refractivity contribution in [3.05, 3.63) is 65.5 Å². The van der Waals surface area contributed by atoms with Crippen LogP contribution in [0.2, 0.25) is 0 Å². The molecule has 0 unspecified atom stereocenters. The first-order valence-corrected chi connectivity index (χ1v) is 8.03. The molecule has 1 N–H and O–H groups in total. The van der Waals surface area contributed by atoms with E-state index in [0.29, 0.717) is 4.90 Å². The molecule has 112 valence electrons. The van der Waals surface area contributed by atoms with Crippen molar-refractivity contribution in [1.82, 2.24) is 5.43 Å². The standard InChI is InChI=1S/C17H15FN2OS/c18-14-7-3-4-8-16(14)22-11-17(21)20-19-15-10-9-12-5-1-2-6-13(12)15/h1-8H,9-11H2,(H,20,21)/b19-15-. The van der Waals surface area contributed by atoms with Crippen LogP contribution in [-0.4, -0.2) is 17.4 Å². The largest absolute Gasteiger partial charge is 0.272 e. The minimum Gasteiger partial charge on any atom is -0.272 e. The van der Waals surface area contributed by atoms with Gasteiger partial charge in [0, 0.05) is 10.5 Å². The molecule has 0 fully saturated rings. The second kappa shape index (κ2) is 6.75. The molecule has 3 rings (SSSR count). The molecular weight excluding hydrogens is 299 g/mol. The first kappa shape index (κ1) is 14.8. The summed E-state index contributed by atoms with van der Waals surface area (Å²) < 4.78 is 13.5. The van der Waals surface area contributed by atoms with E-state index in [1.165, 1.54) is 23.4 Å². The predicted molar refractivity (Wildman–Crippen MR) is 86.6 cm³/mol. The van der Waals surface area contributed by atoms with E-state index < -0.39 is 0 Å². The van der Waals surface area contributed by atoms with Gasteiger partial charge in [-0.3, -0.25) is 4.79 Å². The number of nitrogens with zero attached hydrogens (tertiary/aromatic N) is 1. The lowest BCUT2D eigenvalue weighted by atomic mass is 10.1. The Kier molecular flexibility index (Phi) is 4.53. The number of benzene rings is 2. The van der Waals surface area contributed by atoms with Crippen molar-refractivity contribution in [1.29, 1.82) is 0 Å². The Morgan fingerprint density at radius 2 is 1.91 bits per heavy atom. The normalized spacial score (nSPS) is 14.9. The molecule has 0 radical (unpaired) electrons. The van der Waals surface area contributed by atoms with Crippen molar-refractivity contribution in [2.45, 2.75) is 17.7 Å². The van der Waals surface area contributed by atoms with E-state index in [9.17, 15) is 9.18 Å². The van der Waals surface area contributed by atoms with E-state index in [0.717, 1.165) is 24.1 Å². The molecule has 0 heterocycles. The first-order valence-electron chi connectivity index (χ1n) is 7.05. The number of hydrogen-bond donors (Lipinski definition) is 1. The van der Waals surface area contributed by atoms with Gasteiger partial charge in [-0.1, -0.05) is 36.4 Å². The zero-order valence-corrected chi connectivity index (χ0v) is 12.7. The van der Waals surface area contributed by atoms with Crippen LogP contribution in [0.4, 0.5) is 4.39 Å². The Morgan fingerprint density at radius 3 is 2.77 bits per heavy atom. The summed E-state index contributed by atoms with van der Waals surface area (Å²) in [4.78, 5) is 12.3. The van der Waals surface area contributed by atoms with E-state index in [1.54, 1.807) is 18.2 Å². The van der Waals surface area contributed by atoms with Gasteiger partial charge in [0.05, 0.1) is 11.5 Å². The number of carbonyl (C=O) groups excluding carboxylic acids is 1. The molecule has 1 amide bonds. The smallest absolute Gasteiger partial charge is 0.250 e. The lowest BCUT2D eigenvalue weighted by Gasteiger charge is -2.03. The molecule has 0 atom stereocenters. The summed E-state index contributed by atoms with van der Waals surface area (Å²) >= 11 is 1.17. The Bertz CT molecular complexity index is 730. The van der Waals surface area contributed by atoms with Gasteiger partial charge < -0.3 is 0 Å². The average Bonchev–Trinajstić information content (AvgIpc) is 2.95. The Hall–Kier alpha value is -2.14. The average molecular weight is 314 g/mol. The number of amides is 1. The zero-order valence-electron chi connectivity index (χ0n) is 11.9. The summed E-state index contributed by atoms with van der Waals surface area (Å²) in [5.41, 5.74) is 5.83. The fourth-order valence-electron chi connectivity index (χ4n) is 2.39. The highest BCUT2D eigenvalue weighted by Gasteiger charge is 2.17. The van der Waals surface area contributed by atoms with Crippen LogP contribution in [0.25, 0.3) is 0 Å². The summed E-state index contributed by atoms with van der Waals surface area (Å²) in [6.07, 6.45) is 1.79. The van der Waals surface area contributed by atoms with Gasteiger partial charge in [0.15, 0.2) is 0 Å². The maximum atomic E-state index is 13.5. The molecule has 0 saturated heterocycles. The first-order chi connectivity index (χ1) is 10.7. The Balaban J connectivity index is 1.57. The van der Waals surface area contributed by atoms with Crippen molar-refractivity contribution < 1.29 is 9.18 Å². The molecule has 2 aromatic carbocycles. The number of aryl methyl sites for hydroxylation is 1. The molecular formula is C17H15FN2OS. The van der Waals surface area contributed by atoms with Gasteiger partial charge >= 0.3 is 0 Å². The molecule has 1 aliphatic carbocycles. The predicted octanol–water partition coefficient (Wildman–Crippen LogP) is 3.38. The zero-order chi connectivity index (χ0) is 15.4. The van der Waals surface area contributed by atoms with Gasteiger partial charge in [-0.2, -0.15) is 5.10 Å². The molecule has 0 bridgehead atoms. The molecule has 0 aliphatic heterocycles. The van der Waals surface area contributed by atoms with Crippen LogP contribution in [0, 0.1) is 5.82 Å². The van der Waals surface area contributed by atoms with Crippen molar-refractivity contribution in [3.63, 3.8) is 0 Å². The van der Waals surface area contributed by atoms with Crippen LogP contribution in [0.15, 0.2) is 58.5 Å². The van der Waals surface area contributed by atoms with Crippen molar-refractivity contribution >= 4 is 23.4 Å². The third-order valence-corrected chi connectivity index (χ3v) is 4.52. The third kappa shape index (κ3) is 3.36. The lowest BCUT2D eigenvalue weighted by molar-refractivity contribution is -0.118. The van der Waals surface area contributed by atoms with Crippen LogP contribution < -0.4 is 5.43 Å². The molecule has 22 heavy (non-hydrogen) atoms. The van der Waals surface area contributed by atoms with Crippen molar-refractivity contribution in [2.24, 2.45) is 5.10 Å². The van der Waals surface area contributed by atoms with Crippen LogP contribution in [0.5, 0.6) is 0 Å². The second-order valence-electron chi connectivity index (χ2n) is 4.97. The molecule has 1 aliphatic rings. The van der Waals surface area contributed by atoms with E-state index in [4.69, 9.17) is 0 Å². The number of halogens is 1. The monoisotopic (exact) mass is 314 g/mol. The number of hydrogen-bond acceptors (Lipinski definition) is 3. The molecule has 0 aromatic heterocycles. The van der Waals surface area contributed by atoms with Gasteiger partial charge in [-0.15, -0.1) is 11.8 Å². The van der Waals surface area contributed by atoms with Crippen LogP contribution >= 0.6 is 11.8 Å². The minimum absolute atomic E-state index is 0.138. The van der Waals surface area contributed by atoms with Crippen LogP contribution in [0.1, 0.15) is 17.5 Å². The lowest BCUT2D eigenvalue weighted by Crippen LogP contribution is -2.21. The number of hydrazone groups is 1. The number of carbonyl (C=O) groups is 1. The van der Waals surface area contributed by atoms with Crippen molar-refractivity contribution in [2.75, 3.05) is 5.75 Å². The molecule has 2 aromatic rings. The SMILES string of the molecule is O=C(CSc1ccccc1F)N/N=C1/CCc2ccccc21. The van der Waals surface area contributed by atoms with Crippen LogP contribution in [0.3, 0.4) is 0 Å². The highest BCUT2D eigenvalue weighted by molar-refractivity contribution is 8.00. The molecule has 5 heteroatoms. The minimum atomic E-state index is -0.309. The van der Waals surface area contributed by atoms with E-state index in [2.05, 4.69) is 16.6 Å². The summed E-state index contributed by atoms with van der Waals surface area (Å²) in [6.45, 7) is 0. The van der Waals surface area contributed by atoms with Crippen molar-refractivity contribution in [3.8, 4) is 0 Å². The van der Waals surface area contributed by atoms with Gasteiger partial charge in [-0.05, 0) is 30.5 Å². The van der Waals surface area contributed by atoms with E-state index in [-0.39, 0.29) is 17.5 Å². The Morgan fingerprint density at radius 1 is 1.14 bits per heavy atom. The van der Waals surface area contributed by atoms with Gasteiger partial charge in [0.1, 0.15) is 5.82 Å². The Labute approximate surface area is 132 Å². The topological polar surface area (TPSA) is 41.5 Å². The molecule has 0 spiro atoms. The van der Waals surface area contributed by atoms with Gasteiger partial charge in [-0.25, -0.2) is 9.82 Å². The summed E-state index contributed by atoms with van der Waals surface area (Å²) in [6, 6.07) is 14.5. The summed E-state index contributed by atoms with van der Waals surface area (Å²) in [5.74, 6) is -0.402. The summed E-state index contributed by atoms with van der Waals surface area (Å²) in [5, 5.41) is 4.21. The number of fused-ring (bicyclic) bond motifs is 1. The number of thioether (sulfide) groups is 1. The quantitative estimate of drug-likeness (QED) is 0.694. The van der Waals surface area contributed by atoms with Crippen LogP contribution in [-0.2, 0) is 11.2 Å². The maximum Gasteiger partial charge on any atom is 0.250 e. The molecule has 0 saturated carbocycles.